The number of hydrogen-bond acceptors (Lipinski definition) is 3. The van der Waals surface area contributed by atoms with Crippen molar-refractivity contribution in [1.82, 2.24) is 5.48 Å². The summed E-state index contributed by atoms with van der Waals surface area (Å²) in [5.74, 6) is 1.18. The molecule has 0 aliphatic carbocycles. The fourth-order valence-corrected chi connectivity index (χ4v) is 2.09. The molecule has 1 fully saturated rings. The lowest BCUT2D eigenvalue weighted by atomic mass is 10.2. The van der Waals surface area contributed by atoms with E-state index in [1.165, 1.54) is 5.75 Å². The summed E-state index contributed by atoms with van der Waals surface area (Å²) >= 11 is 1.91. The molecule has 0 bridgehead atoms. The standard InChI is InChI=1S/C5H11NOS/c1-4-5(6-7)2-3-8-4/h4-7H,2-3H2,1H3. The molecule has 3 heteroatoms. The lowest BCUT2D eigenvalue weighted by molar-refractivity contribution is 0.127. The van der Waals surface area contributed by atoms with E-state index in [1.807, 2.05) is 11.8 Å². The largest absolute Gasteiger partial charge is 0.317 e. The Kier molecular flexibility index (Phi) is 2.16. The van der Waals surface area contributed by atoms with E-state index in [1.54, 1.807) is 0 Å². The van der Waals surface area contributed by atoms with Gasteiger partial charge in [-0.05, 0) is 12.2 Å². The Morgan fingerprint density at radius 1 is 1.75 bits per heavy atom. The van der Waals surface area contributed by atoms with E-state index in [2.05, 4.69) is 12.4 Å². The van der Waals surface area contributed by atoms with Crippen molar-refractivity contribution in [2.24, 2.45) is 0 Å². The van der Waals surface area contributed by atoms with E-state index in [0.717, 1.165) is 6.42 Å². The van der Waals surface area contributed by atoms with E-state index in [0.29, 0.717) is 11.3 Å². The van der Waals surface area contributed by atoms with Crippen LogP contribution in [0.15, 0.2) is 0 Å². The van der Waals surface area contributed by atoms with Crippen LogP contribution in [0.2, 0.25) is 0 Å². The van der Waals surface area contributed by atoms with Gasteiger partial charge in [-0.3, -0.25) is 0 Å². The second-order valence-electron chi connectivity index (χ2n) is 2.10. The van der Waals surface area contributed by atoms with E-state index in [4.69, 9.17) is 5.21 Å². The van der Waals surface area contributed by atoms with Gasteiger partial charge in [0.25, 0.3) is 0 Å². The highest BCUT2D eigenvalue weighted by Gasteiger charge is 2.22. The van der Waals surface area contributed by atoms with Crippen LogP contribution in [0.25, 0.3) is 0 Å². The summed E-state index contributed by atoms with van der Waals surface area (Å²) < 4.78 is 0. The zero-order valence-corrected chi connectivity index (χ0v) is 5.74. The van der Waals surface area contributed by atoms with E-state index < -0.39 is 0 Å². The fraction of sp³-hybridized carbons (Fsp3) is 1.00. The number of hydroxylamine groups is 1. The lowest BCUT2D eigenvalue weighted by Crippen LogP contribution is -2.30. The maximum atomic E-state index is 8.47. The van der Waals surface area contributed by atoms with Crippen molar-refractivity contribution in [3.05, 3.63) is 0 Å². The molecule has 0 aromatic rings. The predicted octanol–water partition coefficient (Wildman–Crippen LogP) is 0.859. The Hall–Kier alpha value is 0.270. The average molecular weight is 133 g/mol. The molecule has 48 valence electrons. The third-order valence-corrected chi connectivity index (χ3v) is 2.87. The second kappa shape index (κ2) is 2.71. The zero-order valence-electron chi connectivity index (χ0n) is 4.92. The van der Waals surface area contributed by atoms with Crippen LogP contribution in [-0.4, -0.2) is 22.3 Å². The maximum Gasteiger partial charge on any atom is 0.0443 e. The van der Waals surface area contributed by atoms with Crippen molar-refractivity contribution in [2.45, 2.75) is 24.6 Å². The first kappa shape index (κ1) is 6.39. The number of thioether (sulfide) groups is 1. The first-order valence-corrected chi connectivity index (χ1v) is 3.90. The highest BCUT2D eigenvalue weighted by atomic mass is 32.2. The molecule has 0 radical (unpaired) electrons. The third kappa shape index (κ3) is 1.16. The van der Waals surface area contributed by atoms with Gasteiger partial charge in [0.2, 0.25) is 0 Å². The quantitative estimate of drug-likeness (QED) is 0.520. The van der Waals surface area contributed by atoms with Gasteiger partial charge < -0.3 is 5.21 Å². The van der Waals surface area contributed by atoms with E-state index in [9.17, 15) is 0 Å². The molecule has 1 aliphatic rings. The highest BCUT2D eigenvalue weighted by molar-refractivity contribution is 8.00. The normalized spacial score (nSPS) is 38.2. The van der Waals surface area contributed by atoms with Crippen LogP contribution in [0.3, 0.4) is 0 Å². The molecule has 1 saturated heterocycles. The van der Waals surface area contributed by atoms with Crippen LogP contribution >= 0.6 is 11.8 Å². The van der Waals surface area contributed by atoms with E-state index in [-0.39, 0.29) is 0 Å². The van der Waals surface area contributed by atoms with Crippen molar-refractivity contribution < 1.29 is 5.21 Å². The Morgan fingerprint density at radius 2 is 2.50 bits per heavy atom. The van der Waals surface area contributed by atoms with E-state index >= 15 is 0 Å². The molecule has 2 atom stereocenters. The summed E-state index contributed by atoms with van der Waals surface area (Å²) in [6, 6.07) is 0.333. The summed E-state index contributed by atoms with van der Waals surface area (Å²) in [7, 11) is 0. The van der Waals surface area contributed by atoms with Gasteiger partial charge in [0.1, 0.15) is 0 Å². The molecule has 0 aromatic heterocycles. The minimum Gasteiger partial charge on any atom is -0.317 e. The predicted molar refractivity (Wildman–Crippen MR) is 35.2 cm³/mol. The highest BCUT2D eigenvalue weighted by Crippen LogP contribution is 2.25. The van der Waals surface area contributed by atoms with Crippen molar-refractivity contribution >= 4 is 11.8 Å². The summed E-state index contributed by atoms with van der Waals surface area (Å²) in [6.45, 7) is 2.13. The van der Waals surface area contributed by atoms with Gasteiger partial charge in [0, 0.05) is 11.3 Å². The Labute approximate surface area is 53.6 Å². The first-order chi connectivity index (χ1) is 3.84. The Bertz CT molecular complexity index is 78.8. The van der Waals surface area contributed by atoms with Gasteiger partial charge in [0.05, 0.1) is 0 Å². The molecule has 2 N–H and O–H groups in total. The van der Waals surface area contributed by atoms with Gasteiger partial charge in [-0.1, -0.05) is 6.92 Å². The fourth-order valence-electron chi connectivity index (χ4n) is 0.901. The van der Waals surface area contributed by atoms with Crippen molar-refractivity contribution in [1.29, 1.82) is 0 Å². The molecule has 0 aromatic carbocycles. The topological polar surface area (TPSA) is 32.3 Å². The minimum absolute atomic E-state index is 0.333. The molecule has 0 saturated carbocycles. The monoisotopic (exact) mass is 133 g/mol. The Balaban J connectivity index is 2.30. The molecule has 2 unspecified atom stereocenters. The number of rotatable bonds is 1. The van der Waals surface area contributed by atoms with Crippen LogP contribution in [-0.2, 0) is 0 Å². The molecule has 8 heavy (non-hydrogen) atoms. The average Bonchev–Trinajstić information content (AvgIpc) is 2.14. The molecular weight excluding hydrogens is 122 g/mol. The maximum absolute atomic E-state index is 8.47. The molecule has 1 aliphatic heterocycles. The molecular formula is C5H11NOS. The summed E-state index contributed by atoms with van der Waals surface area (Å²) in [5.41, 5.74) is 2.29. The van der Waals surface area contributed by atoms with Crippen LogP contribution in [0.4, 0.5) is 0 Å². The summed E-state index contributed by atoms with van der Waals surface area (Å²) in [6.07, 6.45) is 1.10. The van der Waals surface area contributed by atoms with Crippen molar-refractivity contribution in [2.75, 3.05) is 5.75 Å². The zero-order chi connectivity index (χ0) is 5.98. The van der Waals surface area contributed by atoms with Crippen LogP contribution in [0.5, 0.6) is 0 Å². The number of nitrogens with one attached hydrogen (secondary N) is 1. The van der Waals surface area contributed by atoms with Gasteiger partial charge in [-0.2, -0.15) is 11.8 Å². The number of hydrogen-bond donors (Lipinski definition) is 2. The van der Waals surface area contributed by atoms with Crippen LogP contribution < -0.4 is 5.48 Å². The molecule has 0 spiro atoms. The summed E-state index contributed by atoms with van der Waals surface area (Å²) in [5, 5.41) is 9.06. The van der Waals surface area contributed by atoms with Gasteiger partial charge in [-0.15, -0.1) is 0 Å². The van der Waals surface area contributed by atoms with Gasteiger partial charge in [0.15, 0.2) is 0 Å². The molecule has 1 heterocycles. The van der Waals surface area contributed by atoms with Crippen molar-refractivity contribution in [3.8, 4) is 0 Å². The lowest BCUT2D eigenvalue weighted by Gasteiger charge is -2.09. The van der Waals surface area contributed by atoms with Crippen molar-refractivity contribution in [3.63, 3.8) is 0 Å². The minimum atomic E-state index is 0.333. The second-order valence-corrected chi connectivity index (χ2v) is 3.59. The Morgan fingerprint density at radius 3 is 2.75 bits per heavy atom. The SMILES string of the molecule is CC1SCCC1NO. The molecule has 0 amide bonds. The first-order valence-electron chi connectivity index (χ1n) is 2.86. The smallest absolute Gasteiger partial charge is 0.0443 e. The molecule has 2 nitrogen and oxygen atoms in total. The van der Waals surface area contributed by atoms with Gasteiger partial charge in [-0.25, -0.2) is 5.48 Å². The molecule has 1 rings (SSSR count). The van der Waals surface area contributed by atoms with Gasteiger partial charge >= 0.3 is 0 Å². The van der Waals surface area contributed by atoms with Crippen LogP contribution in [0.1, 0.15) is 13.3 Å². The van der Waals surface area contributed by atoms with Crippen LogP contribution in [0, 0.1) is 0 Å². The summed E-state index contributed by atoms with van der Waals surface area (Å²) in [4.78, 5) is 0. The third-order valence-electron chi connectivity index (χ3n) is 1.54.